The van der Waals surface area contributed by atoms with E-state index in [2.05, 4.69) is 6.07 Å². The highest BCUT2D eigenvalue weighted by Gasteiger charge is 2.32. The van der Waals surface area contributed by atoms with Gasteiger partial charge >= 0.3 is 0 Å². The van der Waals surface area contributed by atoms with E-state index in [0.717, 1.165) is 22.3 Å². The summed E-state index contributed by atoms with van der Waals surface area (Å²) in [5.74, 6) is -0.109. The lowest BCUT2D eigenvalue weighted by molar-refractivity contribution is -0.111. The predicted octanol–water partition coefficient (Wildman–Crippen LogP) is 4.60. The molecule has 0 spiro atoms. The molecule has 0 fully saturated rings. The highest BCUT2D eigenvalue weighted by molar-refractivity contribution is 7.96. The number of carbonyl (C=O) groups is 1. The Morgan fingerprint density at radius 3 is 1.55 bits per heavy atom. The highest BCUT2D eigenvalue weighted by atomic mass is 31.2. The number of Topliss-reactive ketones (excluding diaryl/α,β-unsaturated/α-hetero) is 1. The fraction of sp³-hybridized carbons (Fsp3) is 0.115. The van der Waals surface area contributed by atoms with Crippen molar-refractivity contribution in [1.29, 1.82) is 5.26 Å². The van der Waals surface area contributed by atoms with E-state index in [4.69, 9.17) is 0 Å². The Morgan fingerprint density at radius 1 is 0.793 bits per heavy atom. The molecule has 0 heterocycles. The van der Waals surface area contributed by atoms with Gasteiger partial charge in [0.25, 0.3) is 0 Å². The number of allylic oxidation sites excluding steroid dienone is 2. The van der Waals surface area contributed by atoms with Gasteiger partial charge in [0.2, 0.25) is 0 Å². The largest absolute Gasteiger partial charge is 0.293 e. The Hall–Kier alpha value is -3.14. The Kier molecular flexibility index (Phi) is 7.01. The quantitative estimate of drug-likeness (QED) is 0.432. The lowest BCUT2D eigenvalue weighted by Crippen LogP contribution is -2.32. The molecule has 0 aliphatic heterocycles. The van der Waals surface area contributed by atoms with Gasteiger partial charge in [0.1, 0.15) is 11.4 Å². The van der Waals surface area contributed by atoms with Gasteiger partial charge in [0.15, 0.2) is 5.78 Å². The number of benzene rings is 3. The smallest absolute Gasteiger partial charge is 0.178 e. The number of hydrogen-bond acceptors (Lipinski definition) is 2. The summed E-state index contributed by atoms with van der Waals surface area (Å²) in [6.45, 7) is -0.563. The van der Waals surface area contributed by atoms with Crippen LogP contribution < -0.4 is 15.9 Å². The van der Waals surface area contributed by atoms with Crippen molar-refractivity contribution in [2.45, 2.75) is 19.8 Å². The molecule has 0 saturated carbocycles. The highest BCUT2D eigenvalue weighted by Crippen LogP contribution is 2.46. The molecule has 0 aliphatic carbocycles. The second kappa shape index (κ2) is 9.87. The van der Waals surface area contributed by atoms with Crippen LogP contribution in [0.3, 0.4) is 0 Å². The normalized spacial score (nSPS) is 11.2. The predicted molar refractivity (Wildman–Crippen MR) is 125 cm³/mol. The van der Waals surface area contributed by atoms with E-state index in [-0.39, 0.29) is 12.2 Å². The van der Waals surface area contributed by atoms with Gasteiger partial charge in [-0.1, -0.05) is 110 Å². The van der Waals surface area contributed by atoms with Crippen molar-refractivity contribution >= 4 is 33.9 Å². The van der Waals surface area contributed by atoms with Crippen molar-refractivity contribution in [3.63, 3.8) is 0 Å². The summed E-state index contributed by atoms with van der Waals surface area (Å²) in [6, 6.07) is 32.4. The molecule has 0 amide bonds. The minimum absolute atomic E-state index is 0.109. The average molecular weight is 397 g/mol. The Labute approximate surface area is 173 Å². The van der Waals surface area contributed by atoms with Crippen LogP contribution in [0, 0.1) is 11.3 Å². The van der Waals surface area contributed by atoms with Crippen LogP contribution in [0.15, 0.2) is 103 Å². The minimum Gasteiger partial charge on any atom is -0.293 e. The standard InChI is InChI=1S/C26H24NOP/c1-2-3-7-20-25(28)26(21-27)29(22-14-8-4-9-15-22,23-16-10-5-11-17-23)24-18-12-6-13-19-24/h3-19H,2,20H2,1H3/b7-3+. The molecule has 3 rings (SSSR count). The molecular weight excluding hydrogens is 373 g/mol. The number of ketones is 1. The third kappa shape index (κ3) is 4.16. The van der Waals surface area contributed by atoms with E-state index in [0.29, 0.717) is 5.29 Å². The number of nitrogens with zero attached hydrogens (tertiary/aromatic N) is 1. The third-order valence-corrected chi connectivity index (χ3v) is 9.08. The molecule has 0 aliphatic rings. The molecule has 3 heteroatoms. The lowest BCUT2D eigenvalue weighted by Gasteiger charge is -2.30. The van der Waals surface area contributed by atoms with Crippen molar-refractivity contribution in [3.05, 3.63) is 103 Å². The zero-order valence-electron chi connectivity index (χ0n) is 16.5. The molecule has 29 heavy (non-hydrogen) atoms. The Bertz CT molecular complexity index is 974. The molecule has 0 saturated heterocycles. The molecule has 2 nitrogen and oxygen atoms in total. The van der Waals surface area contributed by atoms with Gasteiger partial charge in [-0.05, 0) is 29.2 Å². The van der Waals surface area contributed by atoms with Crippen LogP contribution in [0.4, 0.5) is 0 Å². The molecule has 0 atom stereocenters. The number of hydrogen-bond donors (Lipinski definition) is 0. The minimum atomic E-state index is -2.60. The fourth-order valence-electron chi connectivity index (χ4n) is 3.57. The lowest BCUT2D eigenvalue weighted by atomic mass is 10.2. The molecule has 3 aromatic carbocycles. The molecule has 0 bridgehead atoms. The fourth-order valence-corrected chi connectivity index (χ4v) is 7.71. The molecular formula is C26H24NOP. The van der Waals surface area contributed by atoms with Crippen molar-refractivity contribution in [2.75, 3.05) is 0 Å². The third-order valence-electron chi connectivity index (χ3n) is 4.84. The van der Waals surface area contributed by atoms with Gasteiger partial charge < -0.3 is 0 Å². The zero-order valence-corrected chi connectivity index (χ0v) is 17.4. The first-order chi connectivity index (χ1) is 14.2. The van der Waals surface area contributed by atoms with Gasteiger partial charge in [-0.25, -0.2) is 0 Å². The van der Waals surface area contributed by atoms with E-state index in [1.165, 1.54) is 0 Å². The second-order valence-corrected chi connectivity index (χ2v) is 9.98. The Morgan fingerprint density at radius 2 is 1.21 bits per heavy atom. The van der Waals surface area contributed by atoms with E-state index >= 15 is 0 Å². The summed E-state index contributed by atoms with van der Waals surface area (Å²) >= 11 is 0. The van der Waals surface area contributed by atoms with Crippen LogP contribution >= 0.6 is 6.89 Å². The topological polar surface area (TPSA) is 40.9 Å². The molecule has 0 radical (unpaired) electrons. The summed E-state index contributed by atoms with van der Waals surface area (Å²) in [5.41, 5.74) is 0. The van der Waals surface area contributed by atoms with Gasteiger partial charge in [0.05, 0.1) is 0 Å². The van der Waals surface area contributed by atoms with Gasteiger partial charge in [0, 0.05) is 6.42 Å². The number of nitriles is 1. The first-order valence-corrected chi connectivity index (χ1v) is 11.6. The number of carbonyl (C=O) groups excluding carboxylic acids is 1. The van der Waals surface area contributed by atoms with Gasteiger partial charge in [-0.2, -0.15) is 5.26 Å². The summed E-state index contributed by atoms with van der Waals surface area (Å²) in [4.78, 5) is 13.3. The van der Waals surface area contributed by atoms with E-state index < -0.39 is 6.89 Å². The first kappa shape index (κ1) is 20.6. The van der Waals surface area contributed by atoms with Gasteiger partial charge in [-0.15, -0.1) is 0 Å². The van der Waals surface area contributed by atoms with Crippen LogP contribution in [-0.2, 0) is 4.79 Å². The summed E-state index contributed by atoms with van der Waals surface area (Å²) in [5, 5.41) is 13.7. The van der Waals surface area contributed by atoms with Crippen LogP contribution in [-0.4, -0.2) is 11.1 Å². The summed E-state index contributed by atoms with van der Waals surface area (Å²) in [6.07, 6.45) is 4.95. The average Bonchev–Trinajstić information content (AvgIpc) is 2.79. The van der Waals surface area contributed by atoms with E-state index in [1.807, 2.05) is 110 Å². The maximum absolute atomic E-state index is 13.3. The van der Waals surface area contributed by atoms with Crippen molar-refractivity contribution in [2.24, 2.45) is 0 Å². The van der Waals surface area contributed by atoms with Crippen LogP contribution in [0.25, 0.3) is 0 Å². The zero-order chi connectivity index (χ0) is 20.5. The van der Waals surface area contributed by atoms with Crippen LogP contribution in [0.2, 0.25) is 0 Å². The van der Waals surface area contributed by atoms with Crippen molar-refractivity contribution in [1.82, 2.24) is 0 Å². The van der Waals surface area contributed by atoms with Crippen LogP contribution in [0.5, 0.6) is 0 Å². The first-order valence-electron chi connectivity index (χ1n) is 9.76. The Balaban J connectivity index is 2.47. The molecule has 144 valence electrons. The van der Waals surface area contributed by atoms with Crippen molar-refractivity contribution in [3.8, 4) is 6.07 Å². The summed E-state index contributed by atoms with van der Waals surface area (Å²) in [7, 11) is 0. The second-order valence-electron chi connectivity index (χ2n) is 6.64. The monoisotopic (exact) mass is 397 g/mol. The maximum atomic E-state index is 13.3. The van der Waals surface area contributed by atoms with Gasteiger partial charge in [-0.3, -0.25) is 4.79 Å². The number of rotatable bonds is 7. The molecule has 0 unspecified atom stereocenters. The molecule has 3 aromatic rings. The maximum Gasteiger partial charge on any atom is 0.178 e. The van der Waals surface area contributed by atoms with E-state index in [9.17, 15) is 10.1 Å². The molecule has 0 aromatic heterocycles. The van der Waals surface area contributed by atoms with E-state index in [1.54, 1.807) is 0 Å². The SMILES string of the molecule is CC/C=C/CC(=O)C(C#N)=P(c1ccccc1)(c1ccccc1)c1ccccc1. The van der Waals surface area contributed by atoms with Crippen molar-refractivity contribution < 1.29 is 4.79 Å². The summed E-state index contributed by atoms with van der Waals surface area (Å²) < 4.78 is 0. The molecule has 0 N–H and O–H groups in total. The van der Waals surface area contributed by atoms with Crippen LogP contribution in [0.1, 0.15) is 19.8 Å².